The molecule has 0 heterocycles. The van der Waals surface area contributed by atoms with Crippen molar-refractivity contribution in [3.63, 3.8) is 0 Å². The Morgan fingerprint density at radius 3 is 2.50 bits per heavy atom. The molecule has 0 aromatic heterocycles. The molecule has 0 N–H and O–H groups in total. The summed E-state index contributed by atoms with van der Waals surface area (Å²) in [4.78, 5) is 11.9. The predicted octanol–water partition coefficient (Wildman–Crippen LogP) is 2.00. The minimum Gasteiger partial charge on any atom is -0.293 e. The molecule has 1 aromatic carbocycles. The van der Waals surface area contributed by atoms with Gasteiger partial charge in [0.25, 0.3) is 0 Å². The number of carbonyl (C=O) groups is 1. The summed E-state index contributed by atoms with van der Waals surface area (Å²) in [5, 5.41) is -0.959. The number of aryl methyl sites for hydroxylation is 1. The van der Waals surface area contributed by atoms with Gasteiger partial charge in [-0.2, -0.15) is 0 Å². The van der Waals surface area contributed by atoms with E-state index in [-0.39, 0.29) is 11.5 Å². The van der Waals surface area contributed by atoms with Crippen LogP contribution < -0.4 is 0 Å². The number of hydrogen-bond acceptors (Lipinski definition) is 3. The maximum Gasteiger partial charge on any atom is 0.180 e. The van der Waals surface area contributed by atoms with Crippen LogP contribution in [-0.4, -0.2) is 25.2 Å². The van der Waals surface area contributed by atoms with Crippen LogP contribution >= 0.6 is 0 Å². The first-order chi connectivity index (χ1) is 7.38. The predicted molar refractivity (Wildman–Crippen MR) is 64.4 cm³/mol. The van der Waals surface area contributed by atoms with Crippen molar-refractivity contribution in [2.45, 2.75) is 26.0 Å². The molecule has 0 saturated heterocycles. The van der Waals surface area contributed by atoms with E-state index in [1.54, 1.807) is 25.1 Å². The van der Waals surface area contributed by atoms with Crippen molar-refractivity contribution in [3.8, 4) is 0 Å². The van der Waals surface area contributed by atoms with Crippen LogP contribution in [0, 0.1) is 6.92 Å². The lowest BCUT2D eigenvalue weighted by Gasteiger charge is -2.10. The summed E-state index contributed by atoms with van der Waals surface area (Å²) in [7, 11) is -3.31. The van der Waals surface area contributed by atoms with E-state index in [1.165, 1.54) is 6.92 Å². The highest BCUT2D eigenvalue weighted by Gasteiger charge is 2.26. The fourth-order valence-corrected chi connectivity index (χ4v) is 2.41. The quantitative estimate of drug-likeness (QED) is 0.756. The van der Waals surface area contributed by atoms with Crippen molar-refractivity contribution in [1.82, 2.24) is 0 Å². The fraction of sp³-hybridized carbons (Fsp3) is 0.417. The van der Waals surface area contributed by atoms with Gasteiger partial charge < -0.3 is 0 Å². The van der Waals surface area contributed by atoms with E-state index in [4.69, 9.17) is 0 Å². The minimum absolute atomic E-state index is 0.00821. The van der Waals surface area contributed by atoms with Gasteiger partial charge in [0.1, 0.15) is 5.25 Å². The molecule has 4 heteroatoms. The van der Waals surface area contributed by atoms with E-state index >= 15 is 0 Å². The first-order valence-corrected chi connectivity index (χ1v) is 6.92. The topological polar surface area (TPSA) is 51.2 Å². The van der Waals surface area contributed by atoms with Gasteiger partial charge in [-0.3, -0.25) is 4.79 Å². The molecule has 16 heavy (non-hydrogen) atoms. The fourth-order valence-electron chi connectivity index (χ4n) is 1.45. The lowest BCUT2D eigenvalue weighted by molar-refractivity contribution is 0.0991. The van der Waals surface area contributed by atoms with Gasteiger partial charge in [-0.15, -0.1) is 0 Å². The van der Waals surface area contributed by atoms with Crippen molar-refractivity contribution in [2.24, 2.45) is 0 Å². The van der Waals surface area contributed by atoms with Crippen molar-refractivity contribution in [3.05, 3.63) is 35.4 Å². The number of Topliss-reactive ketones (excluding diaryl/α,β-unsaturated/α-hetero) is 1. The normalized spacial score (nSPS) is 13.4. The lowest BCUT2D eigenvalue weighted by Crippen LogP contribution is -2.28. The molecule has 1 atom stereocenters. The van der Waals surface area contributed by atoms with Gasteiger partial charge >= 0.3 is 0 Å². The molecule has 0 radical (unpaired) electrons. The number of hydrogen-bond donors (Lipinski definition) is 0. The summed E-state index contributed by atoms with van der Waals surface area (Å²) in [5.41, 5.74) is 1.41. The van der Waals surface area contributed by atoms with Gasteiger partial charge in [0.15, 0.2) is 15.6 Å². The Morgan fingerprint density at radius 1 is 1.38 bits per heavy atom. The second-order valence-electron chi connectivity index (χ2n) is 3.83. The van der Waals surface area contributed by atoms with E-state index < -0.39 is 15.1 Å². The van der Waals surface area contributed by atoms with Crippen LogP contribution in [0.4, 0.5) is 0 Å². The zero-order valence-electron chi connectivity index (χ0n) is 9.73. The number of ketones is 1. The van der Waals surface area contributed by atoms with E-state index in [9.17, 15) is 13.2 Å². The van der Waals surface area contributed by atoms with E-state index in [0.29, 0.717) is 5.56 Å². The average Bonchev–Trinajstić information content (AvgIpc) is 2.27. The zero-order chi connectivity index (χ0) is 12.3. The molecule has 1 rings (SSSR count). The van der Waals surface area contributed by atoms with Crippen LogP contribution in [-0.2, 0) is 9.84 Å². The lowest BCUT2D eigenvalue weighted by atomic mass is 10.1. The Morgan fingerprint density at radius 2 is 2.00 bits per heavy atom. The van der Waals surface area contributed by atoms with E-state index in [2.05, 4.69) is 0 Å². The highest BCUT2D eigenvalue weighted by Crippen LogP contribution is 2.12. The van der Waals surface area contributed by atoms with Crippen LogP contribution in [0.5, 0.6) is 0 Å². The molecule has 0 amide bonds. The van der Waals surface area contributed by atoms with Crippen LogP contribution in [0.15, 0.2) is 24.3 Å². The Labute approximate surface area is 96.4 Å². The largest absolute Gasteiger partial charge is 0.293 e. The maximum absolute atomic E-state index is 11.9. The first-order valence-electron chi connectivity index (χ1n) is 5.21. The number of benzene rings is 1. The average molecular weight is 240 g/mol. The first kappa shape index (κ1) is 12.9. The summed E-state index contributed by atoms with van der Waals surface area (Å²) in [6.45, 7) is 4.87. The van der Waals surface area contributed by atoms with Gasteiger partial charge in [-0.05, 0) is 19.9 Å². The maximum atomic E-state index is 11.9. The minimum atomic E-state index is -3.31. The van der Waals surface area contributed by atoms with Crippen LogP contribution in [0.25, 0.3) is 0 Å². The van der Waals surface area contributed by atoms with Gasteiger partial charge in [-0.1, -0.05) is 30.7 Å². The molecule has 0 aliphatic heterocycles. The SMILES string of the molecule is CCS(=O)(=O)[C@H](C)C(=O)c1cccc(C)c1. The van der Waals surface area contributed by atoms with Crippen molar-refractivity contribution in [1.29, 1.82) is 0 Å². The Balaban J connectivity index is 3.04. The molecular weight excluding hydrogens is 224 g/mol. The molecule has 0 fully saturated rings. The number of sulfone groups is 1. The molecule has 88 valence electrons. The number of carbonyl (C=O) groups excluding carboxylic acids is 1. The molecule has 3 nitrogen and oxygen atoms in total. The second-order valence-corrected chi connectivity index (χ2v) is 6.44. The standard InChI is InChI=1S/C12H16O3S/c1-4-16(14,15)10(3)12(13)11-7-5-6-9(2)8-11/h5-8,10H,4H2,1-3H3/t10-/m1/s1. The van der Waals surface area contributed by atoms with Crippen molar-refractivity contribution in [2.75, 3.05) is 5.75 Å². The van der Waals surface area contributed by atoms with Crippen LogP contribution in [0.2, 0.25) is 0 Å². The summed E-state index contributed by atoms with van der Waals surface area (Å²) >= 11 is 0. The summed E-state index contributed by atoms with van der Waals surface area (Å²) in [5.74, 6) is -0.336. The molecule has 0 unspecified atom stereocenters. The van der Waals surface area contributed by atoms with Gasteiger partial charge in [0.05, 0.1) is 0 Å². The van der Waals surface area contributed by atoms with Crippen molar-refractivity contribution >= 4 is 15.6 Å². The van der Waals surface area contributed by atoms with Crippen molar-refractivity contribution < 1.29 is 13.2 Å². The second kappa shape index (κ2) is 4.78. The molecule has 0 spiro atoms. The smallest absolute Gasteiger partial charge is 0.180 e. The molecule has 0 aliphatic carbocycles. The Kier molecular flexibility index (Phi) is 3.86. The third kappa shape index (κ3) is 2.70. The van der Waals surface area contributed by atoms with Crippen LogP contribution in [0.3, 0.4) is 0 Å². The third-order valence-corrected chi connectivity index (χ3v) is 4.71. The van der Waals surface area contributed by atoms with E-state index in [0.717, 1.165) is 5.56 Å². The summed E-state index contributed by atoms with van der Waals surface area (Å²) in [6, 6.07) is 6.99. The van der Waals surface area contributed by atoms with Gasteiger partial charge in [0.2, 0.25) is 0 Å². The Hall–Kier alpha value is -1.16. The summed E-state index contributed by atoms with van der Waals surface area (Å²) < 4.78 is 23.2. The highest BCUT2D eigenvalue weighted by atomic mass is 32.2. The molecule has 0 bridgehead atoms. The van der Waals surface area contributed by atoms with Gasteiger partial charge in [-0.25, -0.2) is 8.42 Å². The van der Waals surface area contributed by atoms with E-state index in [1.807, 2.05) is 13.0 Å². The molecule has 0 aliphatic rings. The van der Waals surface area contributed by atoms with Gasteiger partial charge in [0, 0.05) is 11.3 Å². The third-order valence-electron chi connectivity index (χ3n) is 2.61. The monoisotopic (exact) mass is 240 g/mol. The zero-order valence-corrected chi connectivity index (χ0v) is 10.5. The highest BCUT2D eigenvalue weighted by molar-refractivity contribution is 7.92. The van der Waals surface area contributed by atoms with Crippen LogP contribution in [0.1, 0.15) is 29.8 Å². The molecule has 0 saturated carbocycles. The molecule has 1 aromatic rings. The number of rotatable bonds is 4. The Bertz CT molecular complexity index is 489. The molecular formula is C12H16O3S. The summed E-state index contributed by atoms with van der Waals surface area (Å²) in [6.07, 6.45) is 0.